The summed E-state index contributed by atoms with van der Waals surface area (Å²) in [5, 5.41) is 9.40. The maximum Gasteiger partial charge on any atom is 0.785 e. The summed E-state index contributed by atoms with van der Waals surface area (Å²) in [6.07, 6.45) is 0. The lowest BCUT2D eigenvalue weighted by atomic mass is 10.2. The molecule has 2 aromatic carbocycles. The molecule has 0 atom stereocenters. The van der Waals surface area contributed by atoms with Crippen molar-refractivity contribution in [2.45, 2.75) is 0 Å². The first kappa shape index (κ1) is 14.2. The third-order valence-corrected chi connectivity index (χ3v) is 2.26. The Morgan fingerprint density at radius 1 is 0.700 bits per heavy atom. The van der Waals surface area contributed by atoms with Crippen molar-refractivity contribution in [3.8, 4) is 11.5 Å². The van der Waals surface area contributed by atoms with Crippen molar-refractivity contribution in [1.29, 1.82) is 0 Å². The zero-order valence-corrected chi connectivity index (χ0v) is 9.82. The molecule has 0 amide bonds. The van der Waals surface area contributed by atoms with Gasteiger partial charge in [-0.05, 0) is 24.3 Å². The Labute approximate surface area is 111 Å². The van der Waals surface area contributed by atoms with Gasteiger partial charge in [0, 0.05) is 12.1 Å². The van der Waals surface area contributed by atoms with Gasteiger partial charge >= 0.3 is 7.32 Å². The molecule has 0 aliphatic heterocycles. The monoisotopic (exact) mass is 286 g/mol. The Morgan fingerprint density at radius 2 is 1.10 bits per heavy atom. The van der Waals surface area contributed by atoms with Crippen molar-refractivity contribution in [3.05, 3.63) is 59.7 Å². The molecule has 2 rings (SSSR count). The number of hydrogen-bond acceptors (Lipinski definition) is 3. The number of benzene rings is 2. The molecule has 0 heterocycles. The summed E-state index contributed by atoms with van der Waals surface area (Å²) in [5.74, 6) is -4.87. The molecule has 3 nitrogen and oxygen atoms in total. The maximum absolute atomic E-state index is 12.9. The molecule has 0 radical (unpaired) electrons. The average Bonchev–Trinajstić information content (AvgIpc) is 2.38. The van der Waals surface area contributed by atoms with Gasteiger partial charge in [0.25, 0.3) is 0 Å². The quantitative estimate of drug-likeness (QED) is 0.693. The van der Waals surface area contributed by atoms with E-state index in [0.29, 0.717) is 12.1 Å². The van der Waals surface area contributed by atoms with E-state index >= 15 is 0 Å². The lowest BCUT2D eigenvalue weighted by Crippen LogP contribution is -2.29. The van der Waals surface area contributed by atoms with Crippen LogP contribution in [-0.2, 0) is 0 Å². The lowest BCUT2D eigenvalue weighted by molar-refractivity contribution is 0.295. The molecule has 0 fully saturated rings. The number of rotatable bonds is 4. The molecular formula is C12H7BF4O3. The fourth-order valence-corrected chi connectivity index (χ4v) is 1.36. The van der Waals surface area contributed by atoms with E-state index in [1.807, 2.05) is 0 Å². The summed E-state index contributed by atoms with van der Waals surface area (Å²) in [6.45, 7) is 0. The second kappa shape index (κ2) is 5.83. The Bertz CT molecular complexity index is 570. The van der Waals surface area contributed by atoms with E-state index in [9.17, 15) is 22.6 Å². The van der Waals surface area contributed by atoms with Crippen molar-refractivity contribution in [2.75, 3.05) is 0 Å². The fourth-order valence-electron chi connectivity index (χ4n) is 1.36. The summed E-state index contributed by atoms with van der Waals surface area (Å²) in [4.78, 5) is 0. The van der Waals surface area contributed by atoms with Crippen LogP contribution in [-0.4, -0.2) is 12.3 Å². The summed E-state index contributed by atoms with van der Waals surface area (Å²) < 4.78 is 60.6. The highest BCUT2D eigenvalue weighted by atomic mass is 19.2. The zero-order valence-electron chi connectivity index (χ0n) is 9.82. The van der Waals surface area contributed by atoms with Crippen molar-refractivity contribution in [3.63, 3.8) is 0 Å². The minimum atomic E-state index is -1.90. The first-order valence-electron chi connectivity index (χ1n) is 5.37. The van der Waals surface area contributed by atoms with Crippen LogP contribution in [0.25, 0.3) is 0 Å². The summed E-state index contributed by atoms with van der Waals surface area (Å²) in [5.41, 5.74) is 0. The van der Waals surface area contributed by atoms with Gasteiger partial charge in [-0.15, -0.1) is 0 Å². The highest BCUT2D eigenvalue weighted by molar-refractivity contribution is 6.36. The predicted molar refractivity (Wildman–Crippen MR) is 61.9 cm³/mol. The molecule has 2 aromatic rings. The van der Waals surface area contributed by atoms with Crippen LogP contribution >= 0.6 is 0 Å². The van der Waals surface area contributed by atoms with Gasteiger partial charge in [0.05, 0.1) is 0 Å². The molecule has 0 bridgehead atoms. The molecule has 0 saturated carbocycles. The first-order chi connectivity index (χ1) is 9.45. The van der Waals surface area contributed by atoms with E-state index in [1.165, 1.54) is 0 Å². The zero-order chi connectivity index (χ0) is 14.7. The van der Waals surface area contributed by atoms with Gasteiger partial charge < -0.3 is 14.3 Å². The molecule has 0 aliphatic rings. The predicted octanol–water partition coefficient (Wildman–Crippen LogP) is 2.68. The van der Waals surface area contributed by atoms with E-state index in [1.54, 1.807) is 0 Å². The van der Waals surface area contributed by atoms with Gasteiger partial charge in [-0.25, -0.2) is 17.6 Å². The van der Waals surface area contributed by atoms with Crippen LogP contribution in [0.3, 0.4) is 0 Å². The maximum atomic E-state index is 12.9. The Kier molecular flexibility index (Phi) is 4.14. The van der Waals surface area contributed by atoms with E-state index < -0.39 is 30.6 Å². The van der Waals surface area contributed by atoms with Gasteiger partial charge in [-0.1, -0.05) is 0 Å². The molecule has 0 saturated heterocycles. The molecule has 0 spiro atoms. The van der Waals surface area contributed by atoms with Gasteiger partial charge in [-0.2, -0.15) is 0 Å². The van der Waals surface area contributed by atoms with Gasteiger partial charge in [-0.3, -0.25) is 0 Å². The van der Waals surface area contributed by atoms with Crippen molar-refractivity contribution in [1.82, 2.24) is 0 Å². The molecule has 1 N–H and O–H groups in total. The third-order valence-electron chi connectivity index (χ3n) is 2.26. The van der Waals surface area contributed by atoms with E-state index in [4.69, 9.17) is 9.31 Å². The minimum absolute atomic E-state index is 0.195. The van der Waals surface area contributed by atoms with Crippen molar-refractivity contribution < 1.29 is 31.9 Å². The van der Waals surface area contributed by atoms with E-state index in [2.05, 4.69) is 0 Å². The van der Waals surface area contributed by atoms with Crippen molar-refractivity contribution in [2.24, 2.45) is 0 Å². The average molecular weight is 286 g/mol. The number of hydrogen-bond donors (Lipinski definition) is 1. The minimum Gasteiger partial charge on any atom is -0.501 e. The van der Waals surface area contributed by atoms with Gasteiger partial charge in [0.1, 0.15) is 11.5 Å². The fraction of sp³-hybridized carbons (Fsp3) is 0. The summed E-state index contributed by atoms with van der Waals surface area (Å²) in [6, 6.07) is 5.14. The molecule has 20 heavy (non-hydrogen) atoms. The first-order valence-corrected chi connectivity index (χ1v) is 5.37. The molecular weight excluding hydrogens is 279 g/mol. The van der Waals surface area contributed by atoms with Crippen LogP contribution in [0.5, 0.6) is 11.5 Å². The van der Waals surface area contributed by atoms with Crippen LogP contribution < -0.4 is 9.31 Å². The lowest BCUT2D eigenvalue weighted by Gasteiger charge is -2.11. The Balaban J connectivity index is 2.02. The van der Waals surface area contributed by atoms with Gasteiger partial charge in [0.2, 0.25) is 0 Å². The highest BCUT2D eigenvalue weighted by Crippen LogP contribution is 2.18. The molecule has 104 valence electrons. The van der Waals surface area contributed by atoms with E-state index in [-0.39, 0.29) is 11.5 Å². The van der Waals surface area contributed by atoms with Crippen LogP contribution in [0.1, 0.15) is 0 Å². The van der Waals surface area contributed by atoms with Crippen molar-refractivity contribution >= 4 is 7.32 Å². The van der Waals surface area contributed by atoms with Crippen LogP contribution in [0.2, 0.25) is 0 Å². The largest absolute Gasteiger partial charge is 0.785 e. The third kappa shape index (κ3) is 3.42. The smallest absolute Gasteiger partial charge is 0.501 e. The summed E-state index contributed by atoms with van der Waals surface area (Å²) >= 11 is 0. The van der Waals surface area contributed by atoms with Crippen LogP contribution in [0.4, 0.5) is 17.6 Å². The summed E-state index contributed by atoms with van der Waals surface area (Å²) in [7, 11) is -1.90. The topological polar surface area (TPSA) is 38.7 Å². The normalized spacial score (nSPS) is 10.2. The number of halogens is 4. The molecule has 0 unspecified atom stereocenters. The van der Waals surface area contributed by atoms with E-state index in [0.717, 1.165) is 24.3 Å². The molecule has 0 aliphatic carbocycles. The SMILES string of the molecule is OB(Oc1ccc(F)c(F)c1)Oc1ccc(F)c(F)c1. The molecule has 8 heteroatoms. The Hall–Kier alpha value is -2.22. The second-order valence-corrected chi connectivity index (χ2v) is 3.69. The van der Waals surface area contributed by atoms with Gasteiger partial charge in [0.15, 0.2) is 23.3 Å². The van der Waals surface area contributed by atoms with Crippen LogP contribution in [0, 0.1) is 23.3 Å². The van der Waals surface area contributed by atoms with Crippen LogP contribution in [0.15, 0.2) is 36.4 Å². The standard InChI is InChI=1S/C12H7BF4O3/c14-9-3-1-7(5-11(9)16)19-13(18)20-8-2-4-10(15)12(17)6-8/h1-6,18H. The Morgan fingerprint density at radius 3 is 1.45 bits per heavy atom. The molecule has 0 aromatic heterocycles. The highest BCUT2D eigenvalue weighted by Gasteiger charge is 2.22. The second-order valence-electron chi connectivity index (χ2n) is 3.69.